The Kier molecular flexibility index (Phi) is 60.8. The normalized spacial score (nSPS) is 14.4. The van der Waals surface area contributed by atoms with Gasteiger partial charge in [-0.15, -0.1) is 0 Å². The predicted octanol–water partition coefficient (Wildman–Crippen LogP) is 20.0. The van der Waals surface area contributed by atoms with Crippen LogP contribution in [-0.2, 0) is 65.4 Å². The minimum Gasteiger partial charge on any atom is -0.462 e. The second-order valence-corrected chi connectivity index (χ2v) is 28.9. The minimum atomic E-state index is -4.95. The van der Waals surface area contributed by atoms with Crippen LogP contribution in [0.3, 0.4) is 0 Å². The van der Waals surface area contributed by atoms with E-state index in [0.29, 0.717) is 25.7 Å². The van der Waals surface area contributed by atoms with E-state index < -0.39 is 97.5 Å². The number of carbonyl (C=O) groups is 4. The van der Waals surface area contributed by atoms with E-state index >= 15 is 0 Å². The largest absolute Gasteiger partial charge is 0.472 e. The van der Waals surface area contributed by atoms with Crippen LogP contribution in [-0.4, -0.2) is 96.7 Å². The highest BCUT2D eigenvalue weighted by Gasteiger charge is 2.30. The van der Waals surface area contributed by atoms with E-state index in [0.717, 1.165) is 108 Å². The highest BCUT2D eigenvalue weighted by atomic mass is 31.2. The van der Waals surface area contributed by atoms with E-state index in [1.165, 1.54) is 167 Å². The Morgan fingerprint density at radius 2 is 0.573 bits per heavy atom. The van der Waals surface area contributed by atoms with Gasteiger partial charge >= 0.3 is 39.5 Å². The maximum absolute atomic E-state index is 13.0. The smallest absolute Gasteiger partial charge is 0.462 e. The van der Waals surface area contributed by atoms with Gasteiger partial charge in [-0.3, -0.25) is 37.3 Å². The third-order valence-electron chi connectivity index (χ3n) is 16.6. The standard InChI is InChI=1S/C70H136O17P2/c1-7-10-12-14-16-18-24-29-33-40-46-52-67(72)80-58-65(86-70(75)55-49-43-35-31-27-23-21-20-22-26-28-32-38-44-50-62(4)5)60-84-88(76,77)82-56-64(71)57-83-89(78,79)85-61-66(59-81-68(73)53-47-41-37-36-39-45-51-63(6)9-3)87-69(74)54-48-42-34-30-25-19-17-15-13-11-8-2/h62-66,71H,7-61H2,1-6H3,(H,76,77)(H,78,79)/t63?,64-,65-,66-/m1/s1. The van der Waals surface area contributed by atoms with Crippen LogP contribution in [0.5, 0.6) is 0 Å². The average molecular weight is 1310 g/mol. The lowest BCUT2D eigenvalue weighted by Gasteiger charge is -2.21. The minimum absolute atomic E-state index is 0.106. The van der Waals surface area contributed by atoms with E-state index in [-0.39, 0.29) is 25.7 Å². The molecule has 3 unspecified atom stereocenters. The highest BCUT2D eigenvalue weighted by Crippen LogP contribution is 2.45. The number of hydrogen-bond acceptors (Lipinski definition) is 15. The molecule has 0 aromatic rings. The van der Waals surface area contributed by atoms with Crippen molar-refractivity contribution in [3.05, 3.63) is 0 Å². The number of rotatable bonds is 69. The number of carbonyl (C=O) groups excluding carboxylic acids is 4. The van der Waals surface area contributed by atoms with Gasteiger partial charge in [-0.05, 0) is 37.5 Å². The average Bonchev–Trinajstić information content (AvgIpc) is 3.72. The summed E-state index contributed by atoms with van der Waals surface area (Å²) in [5.41, 5.74) is 0. The number of phosphoric ester groups is 2. The zero-order valence-corrected chi connectivity index (χ0v) is 59.5. The maximum Gasteiger partial charge on any atom is 0.472 e. The van der Waals surface area contributed by atoms with E-state index in [9.17, 15) is 43.2 Å². The Morgan fingerprint density at radius 1 is 0.326 bits per heavy atom. The lowest BCUT2D eigenvalue weighted by Crippen LogP contribution is -2.30. The molecule has 0 saturated carbocycles. The monoisotopic (exact) mass is 1310 g/mol. The van der Waals surface area contributed by atoms with Crippen molar-refractivity contribution >= 4 is 39.5 Å². The summed E-state index contributed by atoms with van der Waals surface area (Å²) in [4.78, 5) is 72.5. The molecule has 6 atom stereocenters. The van der Waals surface area contributed by atoms with Crippen LogP contribution in [0.2, 0.25) is 0 Å². The van der Waals surface area contributed by atoms with Gasteiger partial charge in [0.05, 0.1) is 26.4 Å². The Balaban J connectivity index is 5.23. The van der Waals surface area contributed by atoms with E-state index in [4.69, 9.17) is 37.0 Å². The van der Waals surface area contributed by atoms with Gasteiger partial charge in [0.25, 0.3) is 0 Å². The number of aliphatic hydroxyl groups is 1. The second kappa shape index (κ2) is 62.2. The first-order chi connectivity index (χ1) is 42.9. The third-order valence-corrected chi connectivity index (χ3v) is 18.5. The first kappa shape index (κ1) is 87.1. The van der Waals surface area contributed by atoms with Crippen LogP contribution < -0.4 is 0 Å². The molecule has 3 N–H and O–H groups in total. The van der Waals surface area contributed by atoms with Crippen LogP contribution in [0.4, 0.5) is 0 Å². The first-order valence-corrected chi connectivity index (χ1v) is 39.5. The molecule has 19 heteroatoms. The third kappa shape index (κ3) is 63.2. The van der Waals surface area contributed by atoms with Gasteiger partial charge in [-0.25, -0.2) is 9.13 Å². The van der Waals surface area contributed by atoms with Gasteiger partial charge in [-0.1, -0.05) is 305 Å². The molecular weight excluding hydrogens is 1170 g/mol. The Bertz CT molecular complexity index is 1740. The van der Waals surface area contributed by atoms with Gasteiger partial charge in [-0.2, -0.15) is 0 Å². The molecule has 0 saturated heterocycles. The second-order valence-electron chi connectivity index (χ2n) is 26.0. The number of esters is 4. The molecule has 0 aromatic heterocycles. The summed E-state index contributed by atoms with van der Waals surface area (Å²) < 4.78 is 68.3. The predicted molar refractivity (Wildman–Crippen MR) is 358 cm³/mol. The number of aliphatic hydroxyl groups excluding tert-OH is 1. The molecule has 17 nitrogen and oxygen atoms in total. The van der Waals surface area contributed by atoms with Crippen LogP contribution in [0.25, 0.3) is 0 Å². The van der Waals surface area contributed by atoms with Crippen molar-refractivity contribution in [3.63, 3.8) is 0 Å². The van der Waals surface area contributed by atoms with Crippen LogP contribution in [0, 0.1) is 11.8 Å². The Hall–Kier alpha value is -1.94. The quantitative estimate of drug-likeness (QED) is 0.0222. The van der Waals surface area contributed by atoms with E-state index in [1.54, 1.807) is 0 Å². The van der Waals surface area contributed by atoms with Crippen LogP contribution in [0.15, 0.2) is 0 Å². The van der Waals surface area contributed by atoms with E-state index in [2.05, 4.69) is 41.5 Å². The lowest BCUT2D eigenvalue weighted by atomic mass is 10.00. The molecule has 0 bridgehead atoms. The summed E-state index contributed by atoms with van der Waals surface area (Å²) in [6.45, 7) is 9.52. The summed E-state index contributed by atoms with van der Waals surface area (Å²) in [7, 11) is -9.90. The van der Waals surface area contributed by atoms with Crippen molar-refractivity contribution in [1.82, 2.24) is 0 Å². The fourth-order valence-corrected chi connectivity index (χ4v) is 12.1. The van der Waals surface area contributed by atoms with Crippen molar-refractivity contribution in [1.29, 1.82) is 0 Å². The molecule has 0 rings (SSSR count). The number of hydrogen-bond donors (Lipinski definition) is 3. The fourth-order valence-electron chi connectivity index (χ4n) is 10.6. The molecule has 0 radical (unpaired) electrons. The molecular formula is C70H136O17P2. The number of phosphoric acid groups is 2. The summed E-state index contributed by atoms with van der Waals surface area (Å²) in [6.07, 6.45) is 47.1. The molecule has 0 aromatic carbocycles. The number of ether oxygens (including phenoxy) is 4. The molecule has 528 valence electrons. The van der Waals surface area contributed by atoms with Gasteiger partial charge in [0.15, 0.2) is 12.2 Å². The summed E-state index contributed by atoms with van der Waals surface area (Å²) in [6, 6.07) is 0. The zero-order valence-electron chi connectivity index (χ0n) is 57.7. The molecule has 0 amide bonds. The van der Waals surface area contributed by atoms with Crippen molar-refractivity contribution in [2.45, 2.75) is 374 Å². The SMILES string of the molecule is CCCCCCCCCCCCCC(=O)OC[C@H](COP(=O)(O)OC[C@@H](O)COP(=O)(O)OC[C@@H](COC(=O)CCCCCCCCC(C)CC)OC(=O)CCCCCCCCCCCCC)OC(=O)CCCCCCCCCCCCCCCCC(C)C. The zero-order chi connectivity index (χ0) is 65.7. The highest BCUT2D eigenvalue weighted by molar-refractivity contribution is 7.47. The van der Waals surface area contributed by atoms with Gasteiger partial charge < -0.3 is 33.8 Å². The lowest BCUT2D eigenvalue weighted by molar-refractivity contribution is -0.161. The fraction of sp³-hybridized carbons (Fsp3) is 0.943. The molecule has 0 fully saturated rings. The summed E-state index contributed by atoms with van der Waals surface area (Å²) >= 11 is 0. The molecule has 89 heavy (non-hydrogen) atoms. The van der Waals surface area contributed by atoms with Gasteiger partial charge in [0.2, 0.25) is 0 Å². The summed E-state index contributed by atoms with van der Waals surface area (Å²) in [5, 5.41) is 10.6. The van der Waals surface area contributed by atoms with Crippen molar-refractivity contribution in [2.24, 2.45) is 11.8 Å². The van der Waals surface area contributed by atoms with Gasteiger partial charge in [0, 0.05) is 25.7 Å². The maximum atomic E-state index is 13.0. The Morgan fingerprint density at radius 3 is 0.854 bits per heavy atom. The van der Waals surface area contributed by atoms with Crippen molar-refractivity contribution < 1.29 is 80.2 Å². The van der Waals surface area contributed by atoms with Crippen molar-refractivity contribution in [3.8, 4) is 0 Å². The number of unbranched alkanes of at least 4 members (excludes halogenated alkanes) is 38. The topological polar surface area (TPSA) is 237 Å². The molecule has 0 aliphatic rings. The van der Waals surface area contributed by atoms with Crippen LogP contribution in [0.1, 0.15) is 356 Å². The first-order valence-electron chi connectivity index (χ1n) is 36.5. The molecule has 0 spiro atoms. The molecule has 0 aliphatic heterocycles. The van der Waals surface area contributed by atoms with Gasteiger partial charge in [0.1, 0.15) is 19.3 Å². The molecule has 0 heterocycles. The van der Waals surface area contributed by atoms with Crippen LogP contribution >= 0.6 is 15.6 Å². The van der Waals surface area contributed by atoms with Crippen molar-refractivity contribution in [2.75, 3.05) is 39.6 Å². The van der Waals surface area contributed by atoms with E-state index in [1.807, 2.05) is 0 Å². The summed E-state index contributed by atoms with van der Waals surface area (Å²) in [5.74, 6) is -0.597. The Labute approximate surface area is 543 Å². The molecule has 0 aliphatic carbocycles.